The standard InChI is InChI=1S/C18H21N3O4/c1-12-17(25-11-19-12)18(22)21-6-2-3-14(10-21)20-13-4-5-15-16(9-13)24-8-7-23-15/h4-5,9,11,14,20H,2-3,6-8,10H2,1H3. The van der Waals surface area contributed by atoms with Crippen molar-refractivity contribution in [2.75, 3.05) is 31.6 Å². The molecule has 1 fully saturated rings. The maximum absolute atomic E-state index is 12.6. The predicted octanol–water partition coefficient (Wildman–Crippen LogP) is 2.47. The fourth-order valence-electron chi connectivity index (χ4n) is 3.30. The normalized spacial score (nSPS) is 19.6. The minimum absolute atomic E-state index is 0.0938. The lowest BCUT2D eigenvalue weighted by atomic mass is 10.0. The van der Waals surface area contributed by atoms with Gasteiger partial charge in [-0.2, -0.15) is 0 Å². The highest BCUT2D eigenvalue weighted by Gasteiger charge is 2.27. The summed E-state index contributed by atoms with van der Waals surface area (Å²) in [5.41, 5.74) is 1.60. The van der Waals surface area contributed by atoms with Crippen molar-refractivity contribution in [1.82, 2.24) is 9.88 Å². The number of benzene rings is 1. The van der Waals surface area contributed by atoms with Crippen molar-refractivity contribution < 1.29 is 18.7 Å². The Morgan fingerprint density at radius 1 is 1.28 bits per heavy atom. The molecule has 0 spiro atoms. The van der Waals surface area contributed by atoms with Gasteiger partial charge in [-0.3, -0.25) is 4.79 Å². The Balaban J connectivity index is 1.43. The first-order chi connectivity index (χ1) is 12.2. The highest BCUT2D eigenvalue weighted by molar-refractivity contribution is 5.92. The van der Waals surface area contributed by atoms with Gasteiger partial charge in [0.1, 0.15) is 13.2 Å². The summed E-state index contributed by atoms with van der Waals surface area (Å²) in [4.78, 5) is 18.4. The van der Waals surface area contributed by atoms with Gasteiger partial charge < -0.3 is 24.1 Å². The van der Waals surface area contributed by atoms with Gasteiger partial charge in [0, 0.05) is 30.9 Å². The summed E-state index contributed by atoms with van der Waals surface area (Å²) < 4.78 is 16.4. The molecule has 1 aromatic carbocycles. The average Bonchev–Trinajstić information content (AvgIpc) is 3.07. The number of nitrogens with one attached hydrogen (secondary N) is 1. The van der Waals surface area contributed by atoms with Crippen LogP contribution in [0.2, 0.25) is 0 Å². The number of hydrogen-bond acceptors (Lipinski definition) is 6. The number of fused-ring (bicyclic) bond motifs is 1. The molecule has 0 aliphatic carbocycles. The SMILES string of the molecule is Cc1ncoc1C(=O)N1CCCC(Nc2ccc3c(c2)OCCO3)C1. The van der Waals surface area contributed by atoms with E-state index in [1.165, 1.54) is 6.39 Å². The summed E-state index contributed by atoms with van der Waals surface area (Å²) >= 11 is 0. The van der Waals surface area contributed by atoms with E-state index in [1.54, 1.807) is 6.92 Å². The van der Waals surface area contributed by atoms with Gasteiger partial charge in [0.15, 0.2) is 17.9 Å². The van der Waals surface area contributed by atoms with Gasteiger partial charge in [-0.1, -0.05) is 0 Å². The van der Waals surface area contributed by atoms with Crippen LogP contribution >= 0.6 is 0 Å². The molecule has 25 heavy (non-hydrogen) atoms. The Labute approximate surface area is 145 Å². The number of aromatic nitrogens is 1. The first kappa shape index (κ1) is 15.8. The zero-order chi connectivity index (χ0) is 17.2. The summed E-state index contributed by atoms with van der Waals surface area (Å²) in [7, 11) is 0. The number of anilines is 1. The Kier molecular flexibility index (Phi) is 4.21. The first-order valence-electron chi connectivity index (χ1n) is 8.56. The van der Waals surface area contributed by atoms with Crippen LogP contribution in [0.1, 0.15) is 29.1 Å². The molecule has 3 heterocycles. The monoisotopic (exact) mass is 343 g/mol. The van der Waals surface area contributed by atoms with Gasteiger partial charge in [-0.25, -0.2) is 4.98 Å². The number of carbonyl (C=O) groups excluding carboxylic acids is 1. The third kappa shape index (κ3) is 3.26. The van der Waals surface area contributed by atoms with Crippen molar-refractivity contribution in [1.29, 1.82) is 0 Å². The Morgan fingerprint density at radius 3 is 2.92 bits per heavy atom. The van der Waals surface area contributed by atoms with Crippen LogP contribution in [-0.4, -0.2) is 48.1 Å². The van der Waals surface area contributed by atoms with Crippen LogP contribution in [0.3, 0.4) is 0 Å². The number of rotatable bonds is 3. The molecule has 0 radical (unpaired) electrons. The maximum atomic E-state index is 12.6. The van der Waals surface area contributed by atoms with Crippen LogP contribution in [0.5, 0.6) is 11.5 Å². The van der Waals surface area contributed by atoms with Crippen LogP contribution in [0.4, 0.5) is 5.69 Å². The van der Waals surface area contributed by atoms with Crippen molar-refractivity contribution in [2.45, 2.75) is 25.8 Å². The molecule has 1 atom stereocenters. The molecule has 132 valence electrons. The lowest BCUT2D eigenvalue weighted by Gasteiger charge is -2.33. The number of hydrogen-bond donors (Lipinski definition) is 1. The van der Waals surface area contributed by atoms with E-state index < -0.39 is 0 Å². The molecule has 1 amide bonds. The van der Waals surface area contributed by atoms with Gasteiger partial charge in [-0.05, 0) is 31.9 Å². The van der Waals surface area contributed by atoms with Crippen molar-refractivity contribution in [2.24, 2.45) is 0 Å². The van der Waals surface area contributed by atoms with E-state index in [0.29, 0.717) is 31.2 Å². The molecule has 0 bridgehead atoms. The lowest BCUT2D eigenvalue weighted by Crippen LogP contribution is -2.45. The zero-order valence-corrected chi connectivity index (χ0v) is 14.2. The zero-order valence-electron chi connectivity index (χ0n) is 14.2. The molecule has 0 saturated carbocycles. The highest BCUT2D eigenvalue weighted by atomic mass is 16.6. The number of amides is 1. The van der Waals surface area contributed by atoms with Crippen molar-refractivity contribution in [3.05, 3.63) is 36.0 Å². The molecule has 2 aliphatic heterocycles. The number of nitrogens with zero attached hydrogens (tertiary/aromatic N) is 2. The van der Waals surface area contributed by atoms with E-state index in [2.05, 4.69) is 10.3 Å². The van der Waals surface area contributed by atoms with E-state index in [-0.39, 0.29) is 11.9 Å². The number of aryl methyl sites for hydroxylation is 1. The van der Waals surface area contributed by atoms with Crippen LogP contribution in [-0.2, 0) is 0 Å². The molecule has 2 aliphatic rings. The third-order valence-corrected chi connectivity index (χ3v) is 4.56. The van der Waals surface area contributed by atoms with Gasteiger partial charge in [-0.15, -0.1) is 0 Å². The van der Waals surface area contributed by atoms with E-state index in [1.807, 2.05) is 23.1 Å². The molecule has 1 aromatic heterocycles. The van der Waals surface area contributed by atoms with Crippen LogP contribution in [0.25, 0.3) is 0 Å². The minimum atomic E-state index is -0.0938. The summed E-state index contributed by atoms with van der Waals surface area (Å²) in [6.45, 7) is 4.30. The molecule has 7 heteroatoms. The van der Waals surface area contributed by atoms with Crippen LogP contribution < -0.4 is 14.8 Å². The smallest absolute Gasteiger partial charge is 0.291 e. The van der Waals surface area contributed by atoms with Crippen molar-refractivity contribution >= 4 is 11.6 Å². The van der Waals surface area contributed by atoms with E-state index >= 15 is 0 Å². The van der Waals surface area contributed by atoms with Crippen LogP contribution in [0, 0.1) is 6.92 Å². The Hall–Kier alpha value is -2.70. The molecular weight excluding hydrogens is 322 g/mol. The predicted molar refractivity (Wildman–Crippen MR) is 91.2 cm³/mol. The number of piperidine rings is 1. The Bertz CT molecular complexity index is 773. The molecule has 7 nitrogen and oxygen atoms in total. The topological polar surface area (TPSA) is 76.8 Å². The largest absolute Gasteiger partial charge is 0.486 e. The van der Waals surface area contributed by atoms with Crippen molar-refractivity contribution in [3.63, 3.8) is 0 Å². The quantitative estimate of drug-likeness (QED) is 0.923. The number of ether oxygens (including phenoxy) is 2. The number of oxazole rings is 1. The number of carbonyl (C=O) groups is 1. The van der Waals surface area contributed by atoms with Gasteiger partial charge in [0.25, 0.3) is 5.91 Å². The van der Waals surface area contributed by atoms with E-state index in [9.17, 15) is 4.79 Å². The molecule has 1 N–H and O–H groups in total. The fourth-order valence-corrected chi connectivity index (χ4v) is 3.30. The lowest BCUT2D eigenvalue weighted by molar-refractivity contribution is 0.0681. The van der Waals surface area contributed by atoms with Gasteiger partial charge in [0.05, 0.1) is 5.69 Å². The second-order valence-corrected chi connectivity index (χ2v) is 6.36. The minimum Gasteiger partial charge on any atom is -0.486 e. The Morgan fingerprint density at radius 2 is 2.12 bits per heavy atom. The second-order valence-electron chi connectivity index (χ2n) is 6.36. The van der Waals surface area contributed by atoms with Crippen molar-refractivity contribution in [3.8, 4) is 11.5 Å². The highest BCUT2D eigenvalue weighted by Crippen LogP contribution is 2.33. The number of likely N-dealkylation sites (tertiary alicyclic amines) is 1. The van der Waals surface area contributed by atoms with E-state index in [0.717, 1.165) is 36.6 Å². The molecule has 1 unspecified atom stereocenters. The summed E-state index contributed by atoms with van der Waals surface area (Å²) in [6, 6.07) is 6.04. The third-order valence-electron chi connectivity index (χ3n) is 4.56. The molecule has 4 rings (SSSR count). The molecule has 2 aromatic rings. The second kappa shape index (κ2) is 6.66. The maximum Gasteiger partial charge on any atom is 0.291 e. The first-order valence-corrected chi connectivity index (χ1v) is 8.56. The van der Waals surface area contributed by atoms with Gasteiger partial charge >= 0.3 is 0 Å². The summed E-state index contributed by atoms with van der Waals surface area (Å²) in [6.07, 6.45) is 3.27. The van der Waals surface area contributed by atoms with Gasteiger partial charge in [0.2, 0.25) is 5.76 Å². The van der Waals surface area contributed by atoms with E-state index in [4.69, 9.17) is 13.9 Å². The fraction of sp³-hybridized carbons (Fsp3) is 0.444. The molecular formula is C18H21N3O4. The van der Waals surface area contributed by atoms with Crippen LogP contribution in [0.15, 0.2) is 29.0 Å². The summed E-state index contributed by atoms with van der Waals surface area (Å²) in [5, 5.41) is 3.50. The molecule has 1 saturated heterocycles. The summed E-state index contributed by atoms with van der Waals surface area (Å²) in [5.74, 6) is 1.78. The average molecular weight is 343 g/mol.